The number of amides is 1. The Kier molecular flexibility index (Phi) is 5.92. The Balaban J connectivity index is 1.60. The number of carbonyl (C=O) groups is 1. The lowest BCUT2D eigenvalue weighted by Gasteiger charge is -2.18. The van der Waals surface area contributed by atoms with E-state index in [-0.39, 0.29) is 12.0 Å². The second-order valence-corrected chi connectivity index (χ2v) is 6.60. The summed E-state index contributed by atoms with van der Waals surface area (Å²) < 4.78 is 11.5. The molecule has 1 aromatic rings. The maximum atomic E-state index is 12.6. The van der Waals surface area contributed by atoms with Crippen LogP contribution in [0.1, 0.15) is 61.7 Å². The summed E-state index contributed by atoms with van der Waals surface area (Å²) in [6.45, 7) is 1.34. The molecular weight excluding hydrogens is 290 g/mol. The molecule has 23 heavy (non-hydrogen) atoms. The number of para-hydroxylation sites is 1. The number of carbonyl (C=O) groups excluding carboxylic acids is 1. The summed E-state index contributed by atoms with van der Waals surface area (Å²) in [5.74, 6) is 0.647. The fourth-order valence-corrected chi connectivity index (χ4v) is 3.43. The smallest absolute Gasteiger partial charge is 0.255 e. The molecule has 0 aromatic heterocycles. The van der Waals surface area contributed by atoms with E-state index in [1.807, 2.05) is 24.3 Å². The van der Waals surface area contributed by atoms with Crippen LogP contribution in [0.5, 0.6) is 5.75 Å². The molecule has 1 unspecified atom stereocenters. The largest absolute Gasteiger partial charge is 0.490 e. The average Bonchev–Trinajstić information content (AvgIpc) is 2.97. The van der Waals surface area contributed by atoms with Gasteiger partial charge in [-0.2, -0.15) is 0 Å². The molecule has 4 nitrogen and oxygen atoms in total. The summed E-state index contributed by atoms with van der Waals surface area (Å²) in [4.78, 5) is 12.6. The first-order valence-electron chi connectivity index (χ1n) is 8.97. The van der Waals surface area contributed by atoms with Gasteiger partial charge in [-0.05, 0) is 37.8 Å². The number of nitrogens with one attached hydrogen (secondary N) is 1. The van der Waals surface area contributed by atoms with E-state index in [9.17, 15) is 4.79 Å². The zero-order valence-corrected chi connectivity index (χ0v) is 13.8. The average molecular weight is 317 g/mol. The van der Waals surface area contributed by atoms with Crippen molar-refractivity contribution in [1.29, 1.82) is 0 Å². The predicted octanol–water partition coefficient (Wildman–Crippen LogP) is 3.70. The van der Waals surface area contributed by atoms with Crippen LogP contribution in [-0.4, -0.2) is 31.3 Å². The van der Waals surface area contributed by atoms with Gasteiger partial charge in [-0.1, -0.05) is 37.8 Å². The molecule has 1 aromatic carbocycles. The lowest BCUT2D eigenvalue weighted by molar-refractivity contribution is 0.0670. The van der Waals surface area contributed by atoms with E-state index in [1.165, 1.54) is 25.7 Å². The molecule has 1 saturated carbocycles. The molecule has 1 aliphatic heterocycles. The summed E-state index contributed by atoms with van der Waals surface area (Å²) in [6, 6.07) is 7.82. The highest BCUT2D eigenvalue weighted by Crippen LogP contribution is 2.22. The Labute approximate surface area is 138 Å². The molecular formula is C19H27NO3. The molecule has 1 aliphatic carbocycles. The van der Waals surface area contributed by atoms with E-state index in [4.69, 9.17) is 9.47 Å². The molecule has 0 spiro atoms. The van der Waals surface area contributed by atoms with Crippen LogP contribution in [0, 0.1) is 0 Å². The summed E-state index contributed by atoms with van der Waals surface area (Å²) >= 11 is 0. The zero-order valence-electron chi connectivity index (χ0n) is 13.8. The molecule has 1 saturated heterocycles. The lowest BCUT2D eigenvalue weighted by Crippen LogP contribution is -2.34. The minimum Gasteiger partial charge on any atom is -0.490 e. The molecule has 0 bridgehead atoms. The second kappa shape index (κ2) is 8.34. The van der Waals surface area contributed by atoms with Crippen molar-refractivity contribution in [3.8, 4) is 5.75 Å². The normalized spacial score (nSPS) is 22.5. The number of hydrogen-bond donors (Lipinski definition) is 1. The minimum absolute atomic E-state index is 0.0140. The Morgan fingerprint density at radius 3 is 2.61 bits per heavy atom. The number of rotatable bonds is 5. The van der Waals surface area contributed by atoms with Crippen LogP contribution in [0.2, 0.25) is 0 Å². The van der Waals surface area contributed by atoms with Gasteiger partial charge in [-0.3, -0.25) is 4.79 Å². The van der Waals surface area contributed by atoms with E-state index < -0.39 is 0 Å². The summed E-state index contributed by atoms with van der Waals surface area (Å²) in [5.41, 5.74) is 0.634. The molecule has 2 fully saturated rings. The maximum absolute atomic E-state index is 12.6. The summed E-state index contributed by atoms with van der Waals surface area (Å²) in [5, 5.41) is 3.19. The second-order valence-electron chi connectivity index (χ2n) is 6.60. The van der Waals surface area contributed by atoms with Crippen molar-refractivity contribution in [3.63, 3.8) is 0 Å². The molecule has 3 rings (SSSR count). The van der Waals surface area contributed by atoms with Crippen molar-refractivity contribution in [2.45, 2.75) is 63.5 Å². The van der Waals surface area contributed by atoms with Crippen molar-refractivity contribution < 1.29 is 14.3 Å². The molecule has 0 radical (unpaired) electrons. The monoisotopic (exact) mass is 317 g/mol. The summed E-state index contributed by atoms with van der Waals surface area (Å²) in [6.07, 6.45) is 9.46. The SMILES string of the molecule is O=C(NC1CCCCCC1)c1ccccc1OCC1CCCO1. The van der Waals surface area contributed by atoms with Crippen molar-refractivity contribution in [3.05, 3.63) is 29.8 Å². The Morgan fingerprint density at radius 1 is 1.09 bits per heavy atom. The molecule has 1 N–H and O–H groups in total. The van der Waals surface area contributed by atoms with Crippen LogP contribution in [-0.2, 0) is 4.74 Å². The van der Waals surface area contributed by atoms with Crippen molar-refractivity contribution >= 4 is 5.91 Å². The molecule has 2 aliphatic rings. The highest BCUT2D eigenvalue weighted by atomic mass is 16.5. The summed E-state index contributed by atoms with van der Waals surface area (Å²) in [7, 11) is 0. The minimum atomic E-state index is -0.0140. The topological polar surface area (TPSA) is 47.6 Å². The van der Waals surface area contributed by atoms with Gasteiger partial charge in [-0.15, -0.1) is 0 Å². The first-order chi connectivity index (χ1) is 11.3. The molecule has 4 heteroatoms. The van der Waals surface area contributed by atoms with E-state index in [0.29, 0.717) is 24.0 Å². The highest BCUT2D eigenvalue weighted by molar-refractivity contribution is 5.97. The van der Waals surface area contributed by atoms with Gasteiger partial charge in [-0.25, -0.2) is 0 Å². The van der Waals surface area contributed by atoms with Gasteiger partial charge in [0.05, 0.1) is 11.7 Å². The number of ether oxygens (including phenoxy) is 2. The van der Waals surface area contributed by atoms with Gasteiger partial charge < -0.3 is 14.8 Å². The van der Waals surface area contributed by atoms with Crippen molar-refractivity contribution in [2.24, 2.45) is 0 Å². The fraction of sp³-hybridized carbons (Fsp3) is 0.632. The molecule has 1 heterocycles. The van der Waals surface area contributed by atoms with Gasteiger partial charge in [0.2, 0.25) is 0 Å². The van der Waals surface area contributed by atoms with E-state index in [1.54, 1.807) is 0 Å². The van der Waals surface area contributed by atoms with E-state index in [2.05, 4.69) is 5.32 Å². The number of benzene rings is 1. The zero-order chi connectivity index (χ0) is 15.9. The van der Waals surface area contributed by atoms with Crippen LogP contribution in [0.3, 0.4) is 0 Å². The Bertz CT molecular complexity index is 503. The standard InChI is InChI=1S/C19H27NO3/c21-19(20-15-8-3-1-2-4-9-15)17-11-5-6-12-18(17)23-14-16-10-7-13-22-16/h5-6,11-12,15-16H,1-4,7-10,13-14H2,(H,20,21). The van der Waals surface area contributed by atoms with Crippen LogP contribution in [0.25, 0.3) is 0 Å². The van der Waals surface area contributed by atoms with Gasteiger partial charge in [0.25, 0.3) is 5.91 Å². The van der Waals surface area contributed by atoms with Crippen LogP contribution in [0.4, 0.5) is 0 Å². The van der Waals surface area contributed by atoms with Crippen LogP contribution in [0.15, 0.2) is 24.3 Å². The number of hydrogen-bond acceptors (Lipinski definition) is 3. The highest BCUT2D eigenvalue weighted by Gasteiger charge is 2.20. The molecule has 1 amide bonds. The van der Waals surface area contributed by atoms with Crippen molar-refractivity contribution in [2.75, 3.05) is 13.2 Å². The molecule has 126 valence electrons. The Hall–Kier alpha value is -1.55. The van der Waals surface area contributed by atoms with Crippen LogP contribution >= 0.6 is 0 Å². The fourth-order valence-electron chi connectivity index (χ4n) is 3.43. The van der Waals surface area contributed by atoms with Gasteiger partial charge in [0.15, 0.2) is 0 Å². The first-order valence-corrected chi connectivity index (χ1v) is 8.97. The third-order valence-corrected chi connectivity index (χ3v) is 4.77. The van der Waals surface area contributed by atoms with Crippen LogP contribution < -0.4 is 10.1 Å². The lowest BCUT2D eigenvalue weighted by atomic mass is 10.1. The first kappa shape index (κ1) is 16.3. The van der Waals surface area contributed by atoms with E-state index in [0.717, 1.165) is 32.3 Å². The van der Waals surface area contributed by atoms with Gasteiger partial charge in [0, 0.05) is 12.6 Å². The maximum Gasteiger partial charge on any atom is 0.255 e. The van der Waals surface area contributed by atoms with Gasteiger partial charge >= 0.3 is 0 Å². The third-order valence-electron chi connectivity index (χ3n) is 4.77. The predicted molar refractivity (Wildman–Crippen MR) is 89.9 cm³/mol. The van der Waals surface area contributed by atoms with E-state index >= 15 is 0 Å². The molecule has 1 atom stereocenters. The van der Waals surface area contributed by atoms with Crippen molar-refractivity contribution in [1.82, 2.24) is 5.32 Å². The third kappa shape index (κ3) is 4.71. The Morgan fingerprint density at radius 2 is 1.87 bits per heavy atom. The quantitative estimate of drug-likeness (QED) is 0.842. The van der Waals surface area contributed by atoms with Gasteiger partial charge in [0.1, 0.15) is 12.4 Å².